The molecule has 0 spiro atoms. The van der Waals surface area contributed by atoms with Crippen molar-refractivity contribution in [3.63, 3.8) is 0 Å². The number of carbonyl (C=O) groups is 1. The smallest absolute Gasteiger partial charge is 0.314 e. The molecule has 0 bridgehead atoms. The van der Waals surface area contributed by atoms with Crippen LogP contribution in [0.5, 0.6) is 5.75 Å². The van der Waals surface area contributed by atoms with E-state index < -0.39 is 11.4 Å². The van der Waals surface area contributed by atoms with Crippen LogP contribution in [0.15, 0.2) is 48.5 Å². The fraction of sp³-hybridized carbons (Fsp3) is 0.278. The minimum atomic E-state index is -1.03. The molecule has 0 aliphatic heterocycles. The molecule has 0 aromatic heterocycles. The number of carboxylic acid groups (broad SMARTS) is 1. The predicted octanol–water partition coefficient (Wildman–Crippen LogP) is 3.59. The first-order valence-corrected chi connectivity index (χ1v) is 6.90. The molecule has 2 rings (SSSR count). The van der Waals surface area contributed by atoms with Crippen molar-refractivity contribution in [1.29, 1.82) is 0 Å². The lowest BCUT2D eigenvalue weighted by molar-refractivity contribution is -0.143. The molecule has 0 saturated heterocycles. The maximum atomic E-state index is 11.9. The highest BCUT2D eigenvalue weighted by Gasteiger charge is 2.37. The lowest BCUT2D eigenvalue weighted by atomic mass is 9.76. The molecule has 2 aromatic carbocycles. The SMILES string of the molecule is COc1ccccc1C(C)(Cc1cccc(C)c1)C(=O)O. The van der Waals surface area contributed by atoms with Gasteiger partial charge < -0.3 is 9.84 Å². The normalized spacial score (nSPS) is 13.5. The Morgan fingerprint density at radius 2 is 1.90 bits per heavy atom. The highest BCUT2D eigenvalue weighted by molar-refractivity contribution is 5.82. The Hall–Kier alpha value is -2.29. The van der Waals surface area contributed by atoms with Crippen molar-refractivity contribution in [1.82, 2.24) is 0 Å². The van der Waals surface area contributed by atoms with Gasteiger partial charge in [-0.25, -0.2) is 0 Å². The fourth-order valence-corrected chi connectivity index (χ4v) is 2.62. The third kappa shape index (κ3) is 3.07. The van der Waals surface area contributed by atoms with Gasteiger partial charge in [-0.05, 0) is 31.9 Å². The van der Waals surface area contributed by atoms with Crippen molar-refractivity contribution in [3.05, 3.63) is 65.2 Å². The summed E-state index contributed by atoms with van der Waals surface area (Å²) in [7, 11) is 1.56. The maximum absolute atomic E-state index is 11.9. The molecule has 0 amide bonds. The van der Waals surface area contributed by atoms with Crippen LogP contribution >= 0.6 is 0 Å². The third-order valence-corrected chi connectivity index (χ3v) is 3.81. The van der Waals surface area contributed by atoms with E-state index in [0.717, 1.165) is 11.1 Å². The van der Waals surface area contributed by atoms with E-state index in [1.165, 1.54) is 0 Å². The first-order chi connectivity index (χ1) is 9.97. The van der Waals surface area contributed by atoms with E-state index in [1.54, 1.807) is 20.1 Å². The molecule has 0 aliphatic rings. The minimum Gasteiger partial charge on any atom is -0.496 e. The van der Waals surface area contributed by atoms with Crippen molar-refractivity contribution in [2.24, 2.45) is 0 Å². The average molecular weight is 284 g/mol. The molecule has 1 unspecified atom stereocenters. The molecule has 21 heavy (non-hydrogen) atoms. The molecule has 2 aromatic rings. The van der Waals surface area contributed by atoms with Crippen LogP contribution in [0.25, 0.3) is 0 Å². The molecule has 3 heteroatoms. The summed E-state index contributed by atoms with van der Waals surface area (Å²) in [6.07, 6.45) is 0.421. The van der Waals surface area contributed by atoms with E-state index in [2.05, 4.69) is 0 Å². The number of benzene rings is 2. The molecular weight excluding hydrogens is 264 g/mol. The molecule has 110 valence electrons. The number of methoxy groups -OCH3 is 1. The molecule has 1 atom stereocenters. The quantitative estimate of drug-likeness (QED) is 0.912. The first kappa shape index (κ1) is 15.1. The van der Waals surface area contributed by atoms with Crippen molar-refractivity contribution in [2.45, 2.75) is 25.7 Å². The highest BCUT2D eigenvalue weighted by atomic mass is 16.5. The Morgan fingerprint density at radius 3 is 2.52 bits per heavy atom. The van der Waals surface area contributed by atoms with E-state index >= 15 is 0 Å². The number of aryl methyl sites for hydroxylation is 1. The lowest BCUT2D eigenvalue weighted by Gasteiger charge is -2.27. The molecular formula is C18H20O3. The van der Waals surface area contributed by atoms with E-state index in [0.29, 0.717) is 17.7 Å². The van der Waals surface area contributed by atoms with Gasteiger partial charge in [0.1, 0.15) is 5.75 Å². The van der Waals surface area contributed by atoms with Gasteiger partial charge in [-0.3, -0.25) is 4.79 Å². The zero-order valence-corrected chi connectivity index (χ0v) is 12.6. The van der Waals surface area contributed by atoms with Gasteiger partial charge in [0.05, 0.1) is 12.5 Å². The minimum absolute atomic E-state index is 0.421. The average Bonchev–Trinajstić information content (AvgIpc) is 2.47. The van der Waals surface area contributed by atoms with Crippen LogP contribution in [0.3, 0.4) is 0 Å². The van der Waals surface area contributed by atoms with Crippen LogP contribution in [0.1, 0.15) is 23.6 Å². The number of ether oxygens (including phenoxy) is 1. The second-order valence-electron chi connectivity index (χ2n) is 5.50. The van der Waals surface area contributed by atoms with Crippen LogP contribution in [0.2, 0.25) is 0 Å². The molecule has 0 saturated carbocycles. The van der Waals surface area contributed by atoms with Crippen LogP contribution in [-0.4, -0.2) is 18.2 Å². The molecule has 0 aliphatic carbocycles. The van der Waals surface area contributed by atoms with E-state index in [-0.39, 0.29) is 0 Å². The van der Waals surface area contributed by atoms with Gasteiger partial charge in [0, 0.05) is 5.56 Å². The summed E-state index contributed by atoms with van der Waals surface area (Å²) < 4.78 is 5.34. The van der Waals surface area contributed by atoms with Gasteiger partial charge in [0.2, 0.25) is 0 Å². The monoisotopic (exact) mass is 284 g/mol. The Kier molecular flexibility index (Phi) is 4.32. The third-order valence-electron chi connectivity index (χ3n) is 3.81. The van der Waals surface area contributed by atoms with Gasteiger partial charge in [-0.2, -0.15) is 0 Å². The maximum Gasteiger partial charge on any atom is 0.314 e. The van der Waals surface area contributed by atoms with Crippen LogP contribution in [0, 0.1) is 6.92 Å². The number of hydrogen-bond acceptors (Lipinski definition) is 2. The Morgan fingerprint density at radius 1 is 1.19 bits per heavy atom. The summed E-state index contributed by atoms with van der Waals surface area (Å²) >= 11 is 0. The summed E-state index contributed by atoms with van der Waals surface area (Å²) in [5, 5.41) is 9.78. The van der Waals surface area contributed by atoms with Crippen LogP contribution in [0.4, 0.5) is 0 Å². The highest BCUT2D eigenvalue weighted by Crippen LogP contribution is 2.35. The number of rotatable bonds is 5. The Balaban J connectivity index is 2.48. The summed E-state index contributed by atoms with van der Waals surface area (Å²) in [5.74, 6) is -0.247. The molecule has 0 heterocycles. The summed E-state index contributed by atoms with van der Waals surface area (Å²) in [5.41, 5.74) is 1.80. The molecule has 0 fully saturated rings. The standard InChI is InChI=1S/C18H20O3/c1-13-7-6-8-14(11-13)12-18(2,17(19)20)15-9-4-5-10-16(15)21-3/h4-11H,12H2,1-3H3,(H,19,20). The van der Waals surface area contributed by atoms with Crippen molar-refractivity contribution >= 4 is 5.97 Å². The fourth-order valence-electron chi connectivity index (χ4n) is 2.62. The van der Waals surface area contributed by atoms with Crippen molar-refractivity contribution in [2.75, 3.05) is 7.11 Å². The van der Waals surface area contributed by atoms with Crippen LogP contribution in [-0.2, 0) is 16.6 Å². The summed E-state index contributed by atoms with van der Waals surface area (Å²) in [6, 6.07) is 15.3. The topological polar surface area (TPSA) is 46.5 Å². The number of hydrogen-bond donors (Lipinski definition) is 1. The zero-order valence-electron chi connectivity index (χ0n) is 12.6. The first-order valence-electron chi connectivity index (χ1n) is 6.90. The summed E-state index contributed by atoms with van der Waals surface area (Å²) in [4.78, 5) is 11.9. The van der Waals surface area contributed by atoms with Crippen LogP contribution < -0.4 is 4.74 Å². The zero-order chi connectivity index (χ0) is 15.5. The second kappa shape index (κ2) is 6.00. The predicted molar refractivity (Wildman–Crippen MR) is 82.9 cm³/mol. The van der Waals surface area contributed by atoms with Gasteiger partial charge in [0.25, 0.3) is 0 Å². The van der Waals surface area contributed by atoms with Gasteiger partial charge in [-0.1, -0.05) is 48.0 Å². The van der Waals surface area contributed by atoms with Gasteiger partial charge in [0.15, 0.2) is 0 Å². The number of aliphatic carboxylic acids is 1. The van der Waals surface area contributed by atoms with E-state index in [9.17, 15) is 9.90 Å². The van der Waals surface area contributed by atoms with Crippen molar-refractivity contribution < 1.29 is 14.6 Å². The molecule has 1 N–H and O–H groups in total. The van der Waals surface area contributed by atoms with Crippen molar-refractivity contribution in [3.8, 4) is 5.75 Å². The molecule has 0 radical (unpaired) electrons. The summed E-state index contributed by atoms with van der Waals surface area (Å²) in [6.45, 7) is 3.75. The molecule has 3 nitrogen and oxygen atoms in total. The van der Waals surface area contributed by atoms with E-state index in [1.807, 2.05) is 49.4 Å². The number of para-hydroxylation sites is 1. The lowest BCUT2D eigenvalue weighted by Crippen LogP contribution is -2.35. The second-order valence-corrected chi connectivity index (χ2v) is 5.50. The van der Waals surface area contributed by atoms with E-state index in [4.69, 9.17) is 4.74 Å². The Labute approximate surface area is 125 Å². The largest absolute Gasteiger partial charge is 0.496 e. The van der Waals surface area contributed by atoms with Gasteiger partial charge in [-0.15, -0.1) is 0 Å². The van der Waals surface area contributed by atoms with Gasteiger partial charge >= 0.3 is 5.97 Å². The Bertz CT molecular complexity index is 648. The number of carboxylic acids is 1.